The van der Waals surface area contributed by atoms with Crippen molar-refractivity contribution in [1.82, 2.24) is 0 Å². The highest BCUT2D eigenvalue weighted by atomic mass is 79.9. The van der Waals surface area contributed by atoms with Crippen molar-refractivity contribution in [3.8, 4) is 0 Å². The van der Waals surface area contributed by atoms with Crippen LogP contribution in [0.3, 0.4) is 0 Å². The quantitative estimate of drug-likeness (QED) is 0.733. The van der Waals surface area contributed by atoms with Gasteiger partial charge in [0.15, 0.2) is 0 Å². The van der Waals surface area contributed by atoms with Crippen LogP contribution in [0.5, 0.6) is 0 Å². The molecule has 5 heteroatoms. The first-order chi connectivity index (χ1) is 8.10. The molecule has 0 heterocycles. The van der Waals surface area contributed by atoms with Crippen LogP contribution in [0.2, 0.25) is 0 Å². The highest BCUT2D eigenvalue weighted by Crippen LogP contribution is 2.37. The van der Waals surface area contributed by atoms with Crippen LogP contribution < -0.4 is 5.32 Å². The third kappa shape index (κ3) is 3.46. The lowest BCUT2D eigenvalue weighted by Gasteiger charge is -2.36. The molecule has 0 saturated heterocycles. The van der Waals surface area contributed by atoms with Crippen molar-refractivity contribution >= 4 is 53.5 Å². The zero-order valence-corrected chi connectivity index (χ0v) is 14.2. The number of anilines is 1. The molecule has 0 atom stereocenters. The fourth-order valence-corrected chi connectivity index (χ4v) is 4.43. The zero-order chi connectivity index (χ0) is 12.4. The highest BCUT2D eigenvalue weighted by Gasteiger charge is 2.30. The summed E-state index contributed by atoms with van der Waals surface area (Å²) in [6.07, 6.45) is 2.61. The van der Waals surface area contributed by atoms with E-state index in [1.54, 1.807) is 0 Å². The topological polar surface area (TPSA) is 21.3 Å². The Morgan fingerprint density at radius 2 is 1.82 bits per heavy atom. The molecule has 1 fully saturated rings. The van der Waals surface area contributed by atoms with Crippen LogP contribution in [0, 0.1) is 0 Å². The van der Waals surface area contributed by atoms with E-state index in [1.807, 2.05) is 19.1 Å². The number of rotatable bonds is 4. The molecule has 0 amide bonds. The average Bonchev–Trinajstić information content (AvgIpc) is 2.18. The largest absolute Gasteiger partial charge is 0.380 e. The maximum absolute atomic E-state index is 5.55. The van der Waals surface area contributed by atoms with Gasteiger partial charge in [-0.05, 0) is 63.8 Å². The number of ether oxygens (including phenoxy) is 1. The molecule has 2 rings (SSSR count). The van der Waals surface area contributed by atoms with Crippen molar-refractivity contribution < 1.29 is 4.74 Å². The maximum atomic E-state index is 5.55. The molecule has 0 bridgehead atoms. The van der Waals surface area contributed by atoms with E-state index in [0.717, 1.165) is 38.6 Å². The minimum absolute atomic E-state index is 0.436. The predicted molar refractivity (Wildman–Crippen MR) is 81.6 cm³/mol. The van der Waals surface area contributed by atoms with Gasteiger partial charge >= 0.3 is 0 Å². The Labute approximate surface area is 127 Å². The summed E-state index contributed by atoms with van der Waals surface area (Å²) in [6, 6.07) is 4.61. The third-order valence-electron chi connectivity index (χ3n) is 2.85. The van der Waals surface area contributed by atoms with E-state index in [4.69, 9.17) is 4.74 Å². The molecule has 17 heavy (non-hydrogen) atoms. The number of benzene rings is 1. The Morgan fingerprint density at radius 1 is 1.24 bits per heavy atom. The summed E-state index contributed by atoms with van der Waals surface area (Å²) in [6.45, 7) is 2.85. The Kier molecular flexibility index (Phi) is 4.92. The summed E-state index contributed by atoms with van der Waals surface area (Å²) in [5.74, 6) is 0. The van der Waals surface area contributed by atoms with E-state index in [-0.39, 0.29) is 0 Å². The number of nitrogens with one attached hydrogen (secondary N) is 1. The van der Waals surface area contributed by atoms with E-state index in [2.05, 4.69) is 53.1 Å². The lowest BCUT2D eigenvalue weighted by Crippen LogP contribution is -2.40. The van der Waals surface area contributed by atoms with Gasteiger partial charge in [0.1, 0.15) is 0 Å². The molecule has 0 unspecified atom stereocenters. The fraction of sp³-hybridized carbons (Fsp3) is 0.500. The summed E-state index contributed by atoms with van der Waals surface area (Å²) in [5.41, 5.74) is 1.12. The third-order valence-corrected chi connectivity index (χ3v) is 4.56. The van der Waals surface area contributed by atoms with Gasteiger partial charge in [-0.25, -0.2) is 0 Å². The molecular formula is C12H14Br3NO. The molecule has 1 aliphatic rings. The van der Waals surface area contributed by atoms with Crippen molar-refractivity contribution in [3.63, 3.8) is 0 Å². The van der Waals surface area contributed by atoms with Gasteiger partial charge in [0, 0.05) is 26.1 Å². The van der Waals surface area contributed by atoms with E-state index in [9.17, 15) is 0 Å². The van der Waals surface area contributed by atoms with Crippen molar-refractivity contribution in [2.45, 2.75) is 31.9 Å². The van der Waals surface area contributed by atoms with Crippen LogP contribution in [0.4, 0.5) is 5.69 Å². The Morgan fingerprint density at radius 3 is 2.35 bits per heavy atom. The van der Waals surface area contributed by atoms with Crippen molar-refractivity contribution in [3.05, 3.63) is 25.6 Å². The minimum atomic E-state index is 0.436. The summed E-state index contributed by atoms with van der Waals surface area (Å²) in [7, 11) is 0. The van der Waals surface area contributed by atoms with E-state index in [0.29, 0.717) is 12.1 Å². The Balaban J connectivity index is 1.97. The summed E-state index contributed by atoms with van der Waals surface area (Å²) < 4.78 is 8.75. The van der Waals surface area contributed by atoms with Gasteiger partial charge < -0.3 is 10.1 Å². The minimum Gasteiger partial charge on any atom is -0.380 e. The van der Waals surface area contributed by atoms with Crippen LogP contribution >= 0.6 is 47.8 Å². The van der Waals surface area contributed by atoms with Crippen LogP contribution in [0.15, 0.2) is 25.6 Å². The monoisotopic (exact) mass is 425 g/mol. The first-order valence-electron chi connectivity index (χ1n) is 5.62. The normalized spacial score (nSPS) is 23.3. The molecular weight excluding hydrogens is 414 g/mol. The van der Waals surface area contributed by atoms with Crippen LogP contribution in [0.1, 0.15) is 19.8 Å². The van der Waals surface area contributed by atoms with Crippen molar-refractivity contribution in [2.75, 3.05) is 11.9 Å². The van der Waals surface area contributed by atoms with E-state index in [1.165, 1.54) is 0 Å². The van der Waals surface area contributed by atoms with Crippen LogP contribution in [0.25, 0.3) is 0 Å². The smallest absolute Gasteiger partial charge is 0.0631 e. The molecule has 1 aliphatic carbocycles. The molecule has 0 spiro atoms. The SMILES string of the molecule is CCOC1CC(Nc2c(Br)cc(Br)cc2Br)C1. The number of hydrogen-bond donors (Lipinski definition) is 1. The van der Waals surface area contributed by atoms with Gasteiger partial charge in [-0.2, -0.15) is 0 Å². The molecule has 94 valence electrons. The van der Waals surface area contributed by atoms with Crippen LogP contribution in [-0.4, -0.2) is 18.8 Å². The second kappa shape index (κ2) is 6.04. The van der Waals surface area contributed by atoms with E-state index < -0.39 is 0 Å². The van der Waals surface area contributed by atoms with Gasteiger partial charge in [-0.3, -0.25) is 0 Å². The summed E-state index contributed by atoms with van der Waals surface area (Å²) >= 11 is 10.6. The first kappa shape index (κ1) is 13.8. The second-order valence-corrected chi connectivity index (χ2v) is 6.76. The lowest BCUT2D eigenvalue weighted by atomic mass is 9.89. The maximum Gasteiger partial charge on any atom is 0.0631 e. The van der Waals surface area contributed by atoms with Crippen molar-refractivity contribution in [1.29, 1.82) is 0 Å². The molecule has 0 aromatic heterocycles. The second-order valence-electron chi connectivity index (χ2n) is 4.13. The Hall–Kier alpha value is 0.420. The van der Waals surface area contributed by atoms with E-state index >= 15 is 0 Å². The van der Waals surface area contributed by atoms with Gasteiger partial charge in [-0.1, -0.05) is 15.9 Å². The van der Waals surface area contributed by atoms with Crippen molar-refractivity contribution in [2.24, 2.45) is 0 Å². The molecule has 2 nitrogen and oxygen atoms in total. The zero-order valence-electron chi connectivity index (χ0n) is 9.47. The van der Waals surface area contributed by atoms with Gasteiger partial charge in [0.25, 0.3) is 0 Å². The highest BCUT2D eigenvalue weighted by molar-refractivity contribution is 9.11. The first-order valence-corrected chi connectivity index (χ1v) is 8.00. The number of hydrogen-bond acceptors (Lipinski definition) is 2. The summed E-state index contributed by atoms with van der Waals surface area (Å²) in [5, 5.41) is 3.54. The molecule has 1 aromatic rings. The van der Waals surface area contributed by atoms with Gasteiger partial charge in [0.05, 0.1) is 11.8 Å². The van der Waals surface area contributed by atoms with Crippen LogP contribution in [-0.2, 0) is 4.74 Å². The Bertz CT molecular complexity index is 382. The summed E-state index contributed by atoms with van der Waals surface area (Å²) in [4.78, 5) is 0. The van der Waals surface area contributed by atoms with Gasteiger partial charge in [-0.15, -0.1) is 0 Å². The lowest BCUT2D eigenvalue weighted by molar-refractivity contribution is 0.00297. The molecule has 0 aliphatic heterocycles. The fourth-order valence-electron chi connectivity index (χ4n) is 1.94. The molecule has 0 radical (unpaired) electrons. The molecule has 1 aromatic carbocycles. The predicted octanol–water partition coefficient (Wildman–Crippen LogP) is 4.95. The molecule has 1 saturated carbocycles. The molecule has 1 N–H and O–H groups in total. The average molecular weight is 428 g/mol. The standard InChI is InChI=1S/C12H14Br3NO/c1-2-17-9-5-8(6-9)16-12-10(14)3-7(13)4-11(12)15/h3-4,8-9,16H,2,5-6H2,1H3. The number of halogens is 3. The van der Waals surface area contributed by atoms with Gasteiger partial charge in [0.2, 0.25) is 0 Å².